The van der Waals surface area contributed by atoms with E-state index in [1.54, 1.807) is 0 Å². The van der Waals surface area contributed by atoms with Gasteiger partial charge in [-0.3, -0.25) is 0 Å². The van der Waals surface area contributed by atoms with Crippen LogP contribution in [0.3, 0.4) is 0 Å². The molecular weight excluding hydrogens is 202 g/mol. The summed E-state index contributed by atoms with van der Waals surface area (Å²) in [6, 6.07) is 9.50. The third-order valence-corrected chi connectivity index (χ3v) is 2.13. The third-order valence-electron chi connectivity index (χ3n) is 2.13. The first-order chi connectivity index (χ1) is 7.59. The molecule has 16 heavy (non-hydrogen) atoms. The normalized spacial score (nSPS) is 12.2. The molecule has 0 saturated heterocycles. The van der Waals surface area contributed by atoms with E-state index in [0.717, 1.165) is 5.56 Å². The van der Waals surface area contributed by atoms with Crippen LogP contribution in [-0.4, -0.2) is 18.6 Å². The Hall–Kier alpha value is -1.55. The number of nitrogens with one attached hydrogen (secondary N) is 2. The van der Waals surface area contributed by atoms with Gasteiger partial charge in [-0.1, -0.05) is 30.3 Å². The van der Waals surface area contributed by atoms with E-state index in [2.05, 4.69) is 10.6 Å². The largest absolute Gasteiger partial charge is 0.336 e. The summed E-state index contributed by atoms with van der Waals surface area (Å²) in [6.45, 7) is 4.26. The lowest BCUT2D eigenvalue weighted by Gasteiger charge is -2.14. The van der Waals surface area contributed by atoms with Crippen LogP contribution in [0.4, 0.5) is 4.79 Å². The van der Waals surface area contributed by atoms with Gasteiger partial charge in [0.1, 0.15) is 0 Å². The molecule has 4 N–H and O–H groups in total. The highest BCUT2D eigenvalue weighted by atomic mass is 16.2. The van der Waals surface area contributed by atoms with E-state index >= 15 is 0 Å². The van der Waals surface area contributed by atoms with E-state index in [1.807, 2.05) is 44.2 Å². The molecule has 2 amide bonds. The van der Waals surface area contributed by atoms with Gasteiger partial charge in [0.2, 0.25) is 0 Å². The summed E-state index contributed by atoms with van der Waals surface area (Å²) in [5.41, 5.74) is 6.95. The molecule has 1 unspecified atom stereocenters. The summed E-state index contributed by atoms with van der Waals surface area (Å²) in [7, 11) is 0. The smallest absolute Gasteiger partial charge is 0.315 e. The van der Waals surface area contributed by atoms with Crippen molar-refractivity contribution in [2.45, 2.75) is 25.9 Å². The molecule has 0 fully saturated rings. The Morgan fingerprint density at radius 2 is 1.94 bits per heavy atom. The van der Waals surface area contributed by atoms with E-state index in [0.29, 0.717) is 6.54 Å². The first kappa shape index (κ1) is 12.5. The van der Waals surface area contributed by atoms with Crippen LogP contribution < -0.4 is 16.4 Å². The van der Waals surface area contributed by atoms with Crippen molar-refractivity contribution in [3.63, 3.8) is 0 Å². The lowest BCUT2D eigenvalue weighted by atomic mass is 10.1. The van der Waals surface area contributed by atoms with Crippen LogP contribution in [0.5, 0.6) is 0 Å². The van der Waals surface area contributed by atoms with Gasteiger partial charge in [-0.25, -0.2) is 4.79 Å². The van der Waals surface area contributed by atoms with Crippen molar-refractivity contribution >= 4 is 6.03 Å². The van der Waals surface area contributed by atoms with E-state index in [1.165, 1.54) is 0 Å². The molecule has 0 aliphatic rings. The molecule has 0 aliphatic heterocycles. The predicted molar refractivity (Wildman–Crippen MR) is 65.0 cm³/mol. The molecule has 0 aliphatic carbocycles. The second-order valence-corrected chi connectivity index (χ2v) is 4.03. The Kier molecular flexibility index (Phi) is 4.79. The summed E-state index contributed by atoms with van der Waals surface area (Å²) in [6.07, 6.45) is 0. The minimum Gasteiger partial charge on any atom is -0.336 e. The van der Waals surface area contributed by atoms with E-state index in [4.69, 9.17) is 5.73 Å². The van der Waals surface area contributed by atoms with Crippen molar-refractivity contribution in [3.05, 3.63) is 35.9 Å². The van der Waals surface area contributed by atoms with Gasteiger partial charge in [-0.05, 0) is 19.4 Å². The van der Waals surface area contributed by atoms with Gasteiger partial charge >= 0.3 is 6.03 Å². The first-order valence-electron chi connectivity index (χ1n) is 5.44. The van der Waals surface area contributed by atoms with Crippen molar-refractivity contribution in [3.8, 4) is 0 Å². The Balaban J connectivity index is 2.36. The van der Waals surface area contributed by atoms with Crippen molar-refractivity contribution in [1.82, 2.24) is 10.6 Å². The average Bonchev–Trinajstić information content (AvgIpc) is 2.26. The molecule has 0 radical (unpaired) electrons. The number of carbonyl (C=O) groups is 1. The molecule has 0 saturated carbocycles. The molecular formula is C12H19N3O. The molecule has 1 atom stereocenters. The fraction of sp³-hybridized carbons (Fsp3) is 0.417. The zero-order valence-corrected chi connectivity index (χ0v) is 9.73. The molecule has 88 valence electrons. The number of carbonyl (C=O) groups excluding carboxylic acids is 1. The maximum absolute atomic E-state index is 11.3. The first-order valence-corrected chi connectivity index (χ1v) is 5.44. The summed E-state index contributed by atoms with van der Waals surface area (Å²) >= 11 is 0. The maximum atomic E-state index is 11.3. The van der Waals surface area contributed by atoms with Gasteiger partial charge in [0.25, 0.3) is 0 Å². The monoisotopic (exact) mass is 221 g/mol. The molecule has 0 bridgehead atoms. The lowest BCUT2D eigenvalue weighted by Crippen LogP contribution is -2.42. The van der Waals surface area contributed by atoms with Crippen LogP contribution >= 0.6 is 0 Å². The van der Waals surface area contributed by atoms with Gasteiger partial charge in [0.15, 0.2) is 0 Å². The van der Waals surface area contributed by atoms with Crippen LogP contribution in [-0.2, 0) is 0 Å². The van der Waals surface area contributed by atoms with Crippen LogP contribution in [0.1, 0.15) is 25.5 Å². The van der Waals surface area contributed by atoms with Gasteiger partial charge in [0, 0.05) is 18.6 Å². The van der Waals surface area contributed by atoms with E-state index < -0.39 is 0 Å². The molecule has 0 aromatic heterocycles. The molecule has 1 aromatic carbocycles. The standard InChI is InChI=1S/C12H19N3O/c1-9(2)15-12(16)14-8-11(13)10-6-4-3-5-7-10/h3-7,9,11H,8,13H2,1-2H3,(H2,14,15,16). The fourth-order valence-electron chi connectivity index (χ4n) is 1.33. The van der Waals surface area contributed by atoms with Crippen molar-refractivity contribution in [1.29, 1.82) is 0 Å². The topological polar surface area (TPSA) is 67.2 Å². The second kappa shape index (κ2) is 6.12. The van der Waals surface area contributed by atoms with E-state index in [-0.39, 0.29) is 18.1 Å². The summed E-state index contributed by atoms with van der Waals surface area (Å²) in [5, 5.41) is 5.48. The van der Waals surface area contributed by atoms with Gasteiger partial charge in [-0.15, -0.1) is 0 Å². The molecule has 4 heteroatoms. The lowest BCUT2D eigenvalue weighted by molar-refractivity contribution is 0.238. The fourth-order valence-corrected chi connectivity index (χ4v) is 1.33. The summed E-state index contributed by atoms with van der Waals surface area (Å²) < 4.78 is 0. The molecule has 4 nitrogen and oxygen atoms in total. The van der Waals surface area contributed by atoms with Crippen LogP contribution in [0, 0.1) is 0 Å². The SMILES string of the molecule is CC(C)NC(=O)NCC(N)c1ccccc1. The minimum absolute atomic E-state index is 0.132. The second-order valence-electron chi connectivity index (χ2n) is 4.03. The van der Waals surface area contributed by atoms with Crippen molar-refractivity contribution in [2.24, 2.45) is 5.73 Å². The zero-order chi connectivity index (χ0) is 12.0. The Bertz CT molecular complexity index is 324. The number of nitrogens with two attached hydrogens (primary N) is 1. The Morgan fingerprint density at radius 1 is 1.31 bits per heavy atom. The highest BCUT2D eigenvalue weighted by Gasteiger charge is 2.07. The summed E-state index contributed by atoms with van der Waals surface area (Å²) in [5.74, 6) is 0. The van der Waals surface area contributed by atoms with Crippen LogP contribution in [0.15, 0.2) is 30.3 Å². The number of rotatable bonds is 4. The number of amides is 2. The molecule has 0 heterocycles. The van der Waals surface area contributed by atoms with Gasteiger partial charge in [-0.2, -0.15) is 0 Å². The van der Waals surface area contributed by atoms with Crippen LogP contribution in [0.25, 0.3) is 0 Å². The number of benzene rings is 1. The average molecular weight is 221 g/mol. The van der Waals surface area contributed by atoms with Gasteiger partial charge < -0.3 is 16.4 Å². The van der Waals surface area contributed by atoms with Gasteiger partial charge in [0.05, 0.1) is 0 Å². The highest BCUT2D eigenvalue weighted by molar-refractivity contribution is 5.74. The maximum Gasteiger partial charge on any atom is 0.315 e. The number of urea groups is 1. The molecule has 0 spiro atoms. The van der Waals surface area contributed by atoms with Crippen molar-refractivity contribution in [2.75, 3.05) is 6.54 Å². The number of hydrogen-bond donors (Lipinski definition) is 3. The quantitative estimate of drug-likeness (QED) is 0.719. The number of hydrogen-bond acceptors (Lipinski definition) is 2. The summed E-state index contributed by atoms with van der Waals surface area (Å²) in [4.78, 5) is 11.3. The predicted octanol–water partition coefficient (Wildman–Crippen LogP) is 1.39. The molecule has 1 aromatic rings. The third kappa shape index (κ3) is 4.31. The molecule has 1 rings (SSSR count). The Labute approximate surface area is 96.2 Å². The van der Waals surface area contributed by atoms with Crippen LogP contribution in [0.2, 0.25) is 0 Å². The zero-order valence-electron chi connectivity index (χ0n) is 9.73. The highest BCUT2D eigenvalue weighted by Crippen LogP contribution is 2.07. The van der Waals surface area contributed by atoms with E-state index in [9.17, 15) is 4.79 Å². The Morgan fingerprint density at radius 3 is 2.50 bits per heavy atom. The van der Waals surface area contributed by atoms with Crippen molar-refractivity contribution < 1.29 is 4.79 Å². The minimum atomic E-state index is -0.179.